The van der Waals surface area contributed by atoms with Crippen LogP contribution >= 0.6 is 0 Å². The van der Waals surface area contributed by atoms with Crippen LogP contribution in [-0.4, -0.2) is 45.3 Å². The number of ether oxygens (including phenoxy) is 1. The molecule has 0 radical (unpaired) electrons. The highest BCUT2D eigenvalue weighted by Gasteiger charge is 2.35. The van der Waals surface area contributed by atoms with E-state index in [2.05, 4.69) is 15.4 Å². The van der Waals surface area contributed by atoms with Crippen LogP contribution in [0.1, 0.15) is 33.6 Å². The van der Waals surface area contributed by atoms with E-state index < -0.39 is 17.6 Å². The molecule has 1 N–H and O–H groups in total. The molecule has 1 amide bonds. The van der Waals surface area contributed by atoms with E-state index in [1.165, 1.54) is 0 Å². The summed E-state index contributed by atoms with van der Waals surface area (Å²) in [5.41, 5.74) is 0.443. The molecule has 7 nitrogen and oxygen atoms in total. The molecule has 0 unspecified atom stereocenters. The fourth-order valence-corrected chi connectivity index (χ4v) is 2.54. The van der Waals surface area contributed by atoms with Gasteiger partial charge >= 0.3 is 6.09 Å². The Bertz CT molecular complexity index is 774. The van der Waals surface area contributed by atoms with Gasteiger partial charge in [-0.15, -0.1) is 5.10 Å². The number of fused-ring (bicyclic) bond motifs is 1. The van der Waals surface area contributed by atoms with Gasteiger partial charge in [0.1, 0.15) is 5.60 Å². The first-order chi connectivity index (χ1) is 11.6. The van der Waals surface area contributed by atoms with Crippen LogP contribution in [0.3, 0.4) is 0 Å². The summed E-state index contributed by atoms with van der Waals surface area (Å²) in [5, 5.41) is 6.94. The minimum atomic E-state index is -2.61. The van der Waals surface area contributed by atoms with Crippen molar-refractivity contribution in [1.29, 1.82) is 0 Å². The zero-order valence-corrected chi connectivity index (χ0v) is 14.4. The minimum Gasteiger partial charge on any atom is -0.444 e. The second-order valence-corrected chi connectivity index (χ2v) is 7.10. The predicted molar refractivity (Wildman–Crippen MR) is 89.2 cm³/mol. The van der Waals surface area contributed by atoms with Gasteiger partial charge in [-0.2, -0.15) is 4.98 Å². The first kappa shape index (κ1) is 17.4. The lowest BCUT2D eigenvalue weighted by Crippen LogP contribution is -2.39. The van der Waals surface area contributed by atoms with Crippen LogP contribution in [0.25, 0.3) is 5.65 Å². The summed E-state index contributed by atoms with van der Waals surface area (Å²) < 4.78 is 33.3. The van der Waals surface area contributed by atoms with Crippen molar-refractivity contribution in [2.24, 2.45) is 0 Å². The molecule has 3 rings (SSSR count). The average molecular weight is 353 g/mol. The molecule has 0 aromatic carbocycles. The molecule has 0 saturated carbocycles. The van der Waals surface area contributed by atoms with Crippen LogP contribution in [0, 0.1) is 0 Å². The number of rotatable bonds is 2. The third-order valence-corrected chi connectivity index (χ3v) is 3.75. The topological polar surface area (TPSA) is 71.8 Å². The predicted octanol–water partition coefficient (Wildman–Crippen LogP) is 3.31. The van der Waals surface area contributed by atoms with Crippen molar-refractivity contribution in [3.63, 3.8) is 0 Å². The minimum absolute atomic E-state index is 0.200. The van der Waals surface area contributed by atoms with Crippen molar-refractivity contribution in [3.05, 3.63) is 18.3 Å². The first-order valence-electron chi connectivity index (χ1n) is 8.11. The Morgan fingerprint density at radius 1 is 1.32 bits per heavy atom. The molecule has 1 fully saturated rings. The lowest BCUT2D eigenvalue weighted by molar-refractivity contribution is -0.0222. The highest BCUT2D eigenvalue weighted by molar-refractivity contribution is 5.85. The number of carbonyl (C=O) groups is 1. The van der Waals surface area contributed by atoms with Gasteiger partial charge in [-0.3, -0.25) is 5.32 Å². The first-order valence-corrected chi connectivity index (χ1v) is 8.11. The fraction of sp³-hybridized carbons (Fsp3) is 0.562. The van der Waals surface area contributed by atoms with Gasteiger partial charge in [0.05, 0.1) is 0 Å². The molecule has 1 aliphatic heterocycles. The van der Waals surface area contributed by atoms with E-state index in [-0.39, 0.29) is 25.9 Å². The quantitative estimate of drug-likeness (QED) is 0.897. The Balaban J connectivity index is 1.72. The number of amides is 1. The number of carbonyl (C=O) groups excluding carboxylic acids is 1. The molecule has 0 bridgehead atoms. The molecule has 25 heavy (non-hydrogen) atoms. The molecule has 3 heterocycles. The van der Waals surface area contributed by atoms with Crippen LogP contribution < -0.4 is 10.2 Å². The normalized spacial score (nSPS) is 17.6. The Labute approximate surface area is 144 Å². The summed E-state index contributed by atoms with van der Waals surface area (Å²) in [7, 11) is 0. The van der Waals surface area contributed by atoms with E-state index in [1.54, 1.807) is 48.5 Å². The summed E-state index contributed by atoms with van der Waals surface area (Å²) in [6.45, 7) is 5.77. The molecule has 0 aliphatic carbocycles. The molecule has 9 heteroatoms. The zero-order valence-electron chi connectivity index (χ0n) is 14.4. The SMILES string of the molecule is CC(C)(C)OC(=O)Nc1ccn2nc(N3CCC(F)(F)CC3)nc2c1. The number of pyridine rings is 1. The van der Waals surface area contributed by atoms with Gasteiger partial charge in [0.2, 0.25) is 5.95 Å². The maximum Gasteiger partial charge on any atom is 0.412 e. The van der Waals surface area contributed by atoms with E-state index in [0.29, 0.717) is 17.3 Å². The summed E-state index contributed by atoms with van der Waals surface area (Å²) in [4.78, 5) is 17.9. The zero-order chi connectivity index (χ0) is 18.2. The van der Waals surface area contributed by atoms with Crippen molar-refractivity contribution in [3.8, 4) is 0 Å². The van der Waals surface area contributed by atoms with E-state index in [0.717, 1.165) is 0 Å². The van der Waals surface area contributed by atoms with Gasteiger partial charge in [-0.25, -0.2) is 18.1 Å². The van der Waals surface area contributed by atoms with E-state index in [4.69, 9.17) is 4.74 Å². The highest BCUT2D eigenvalue weighted by atomic mass is 19.3. The summed E-state index contributed by atoms with van der Waals surface area (Å²) in [6.07, 6.45) is 0.689. The molecule has 1 saturated heterocycles. The van der Waals surface area contributed by atoms with E-state index in [1.807, 2.05) is 0 Å². The average Bonchev–Trinajstić information content (AvgIpc) is 2.88. The Morgan fingerprint density at radius 3 is 2.64 bits per heavy atom. The largest absolute Gasteiger partial charge is 0.444 e. The molecule has 2 aromatic rings. The highest BCUT2D eigenvalue weighted by Crippen LogP contribution is 2.29. The standard InChI is InChI=1S/C16H21F2N5O2/c1-15(2,3)25-14(24)19-11-4-7-23-12(10-11)20-13(21-23)22-8-5-16(17,18)6-9-22/h4,7,10H,5-6,8-9H2,1-3H3,(H,19,24). The van der Waals surface area contributed by atoms with Crippen LogP contribution in [0.2, 0.25) is 0 Å². The Hall–Kier alpha value is -2.45. The second kappa shape index (κ2) is 6.12. The van der Waals surface area contributed by atoms with Gasteiger partial charge in [0, 0.05) is 43.9 Å². The van der Waals surface area contributed by atoms with E-state index >= 15 is 0 Å². The Morgan fingerprint density at radius 2 is 2.00 bits per heavy atom. The third kappa shape index (κ3) is 4.34. The third-order valence-electron chi connectivity index (χ3n) is 3.75. The summed E-state index contributed by atoms with van der Waals surface area (Å²) >= 11 is 0. The van der Waals surface area contributed by atoms with Crippen LogP contribution in [0.5, 0.6) is 0 Å². The van der Waals surface area contributed by atoms with Crippen LogP contribution in [0.15, 0.2) is 18.3 Å². The van der Waals surface area contributed by atoms with Gasteiger partial charge in [-0.1, -0.05) is 0 Å². The molecular formula is C16H21F2N5O2. The monoisotopic (exact) mass is 353 g/mol. The Kier molecular flexibility index (Phi) is 4.26. The number of piperidine rings is 1. The van der Waals surface area contributed by atoms with Crippen molar-refractivity contribution in [2.45, 2.75) is 45.1 Å². The van der Waals surface area contributed by atoms with Crippen LogP contribution in [-0.2, 0) is 4.74 Å². The lowest BCUT2D eigenvalue weighted by Gasteiger charge is -2.30. The van der Waals surface area contributed by atoms with Gasteiger partial charge in [-0.05, 0) is 26.8 Å². The molecule has 1 aliphatic rings. The molecule has 0 atom stereocenters. The second-order valence-electron chi connectivity index (χ2n) is 7.10. The van der Waals surface area contributed by atoms with Gasteiger partial charge in [0.15, 0.2) is 5.65 Å². The lowest BCUT2D eigenvalue weighted by atomic mass is 10.1. The maximum atomic E-state index is 13.3. The number of anilines is 2. The van der Waals surface area contributed by atoms with Crippen molar-refractivity contribution < 1.29 is 18.3 Å². The number of hydrogen-bond acceptors (Lipinski definition) is 5. The van der Waals surface area contributed by atoms with Crippen molar-refractivity contribution in [1.82, 2.24) is 14.6 Å². The summed E-state index contributed by atoms with van der Waals surface area (Å²) in [5.74, 6) is -2.20. The molecule has 136 valence electrons. The number of alkyl halides is 2. The maximum absolute atomic E-state index is 13.3. The van der Waals surface area contributed by atoms with E-state index in [9.17, 15) is 13.6 Å². The van der Waals surface area contributed by atoms with Gasteiger partial charge in [0.25, 0.3) is 5.92 Å². The smallest absolute Gasteiger partial charge is 0.412 e. The van der Waals surface area contributed by atoms with Gasteiger partial charge < -0.3 is 9.64 Å². The molecule has 0 spiro atoms. The van der Waals surface area contributed by atoms with Crippen molar-refractivity contribution >= 4 is 23.4 Å². The number of hydrogen-bond donors (Lipinski definition) is 1. The molecular weight excluding hydrogens is 332 g/mol. The number of nitrogens with zero attached hydrogens (tertiary/aromatic N) is 4. The molecule has 2 aromatic heterocycles. The summed E-state index contributed by atoms with van der Waals surface area (Å²) in [6, 6.07) is 3.32. The number of nitrogens with one attached hydrogen (secondary N) is 1. The number of halogens is 2. The van der Waals surface area contributed by atoms with Crippen molar-refractivity contribution in [2.75, 3.05) is 23.3 Å². The fourth-order valence-electron chi connectivity index (χ4n) is 2.54. The van der Waals surface area contributed by atoms with Crippen LogP contribution in [0.4, 0.5) is 25.2 Å². The number of aromatic nitrogens is 3.